The van der Waals surface area contributed by atoms with E-state index in [1.807, 2.05) is 10.9 Å². The Labute approximate surface area is 120 Å². The molecule has 1 aliphatic heterocycles. The SMILES string of the molecule is OCCn1ncc2c1CCCC2NC1CCCNCC1. The molecule has 1 aromatic heterocycles. The fraction of sp³-hybridized carbons (Fsp3) is 0.800. The number of hydrogen-bond donors (Lipinski definition) is 3. The molecule has 3 rings (SSSR count). The van der Waals surface area contributed by atoms with Crippen molar-refractivity contribution in [2.24, 2.45) is 0 Å². The van der Waals surface area contributed by atoms with Crippen molar-refractivity contribution in [1.82, 2.24) is 20.4 Å². The van der Waals surface area contributed by atoms with E-state index in [2.05, 4.69) is 15.7 Å². The highest BCUT2D eigenvalue weighted by molar-refractivity contribution is 5.25. The van der Waals surface area contributed by atoms with Gasteiger partial charge in [-0.15, -0.1) is 0 Å². The van der Waals surface area contributed by atoms with Crippen LogP contribution in [-0.4, -0.2) is 40.6 Å². The van der Waals surface area contributed by atoms with Crippen molar-refractivity contribution in [2.45, 2.75) is 57.2 Å². The summed E-state index contributed by atoms with van der Waals surface area (Å²) in [5, 5.41) is 20.9. The monoisotopic (exact) mass is 278 g/mol. The minimum Gasteiger partial charge on any atom is -0.394 e. The number of aromatic nitrogens is 2. The fourth-order valence-electron chi connectivity index (χ4n) is 3.55. The Balaban J connectivity index is 1.69. The summed E-state index contributed by atoms with van der Waals surface area (Å²) in [7, 11) is 0. The zero-order valence-corrected chi connectivity index (χ0v) is 12.1. The zero-order chi connectivity index (χ0) is 13.8. The molecule has 0 bridgehead atoms. The van der Waals surface area contributed by atoms with E-state index in [0.29, 0.717) is 18.6 Å². The van der Waals surface area contributed by atoms with Gasteiger partial charge in [-0.05, 0) is 51.6 Å². The zero-order valence-electron chi connectivity index (χ0n) is 12.1. The van der Waals surface area contributed by atoms with Gasteiger partial charge in [-0.2, -0.15) is 5.10 Å². The van der Waals surface area contributed by atoms with Crippen LogP contribution in [0.2, 0.25) is 0 Å². The van der Waals surface area contributed by atoms with Gasteiger partial charge in [0.25, 0.3) is 0 Å². The molecule has 0 aromatic carbocycles. The van der Waals surface area contributed by atoms with Crippen LogP contribution < -0.4 is 10.6 Å². The molecule has 0 spiro atoms. The van der Waals surface area contributed by atoms with E-state index < -0.39 is 0 Å². The molecule has 3 N–H and O–H groups in total. The third-order valence-corrected chi connectivity index (χ3v) is 4.59. The molecule has 1 fully saturated rings. The van der Waals surface area contributed by atoms with E-state index in [1.54, 1.807) is 0 Å². The van der Waals surface area contributed by atoms with Crippen molar-refractivity contribution < 1.29 is 5.11 Å². The maximum atomic E-state index is 9.11. The van der Waals surface area contributed by atoms with Crippen molar-refractivity contribution in [3.63, 3.8) is 0 Å². The molecule has 2 aliphatic rings. The van der Waals surface area contributed by atoms with Gasteiger partial charge >= 0.3 is 0 Å². The lowest BCUT2D eigenvalue weighted by Crippen LogP contribution is -2.35. The van der Waals surface area contributed by atoms with Gasteiger partial charge in [-0.1, -0.05) is 0 Å². The van der Waals surface area contributed by atoms with Gasteiger partial charge in [-0.25, -0.2) is 0 Å². The van der Waals surface area contributed by atoms with E-state index >= 15 is 0 Å². The lowest BCUT2D eigenvalue weighted by Gasteiger charge is -2.28. The second kappa shape index (κ2) is 6.70. The molecule has 2 heterocycles. The quantitative estimate of drug-likeness (QED) is 0.768. The van der Waals surface area contributed by atoms with Crippen LogP contribution in [0.4, 0.5) is 0 Å². The Kier molecular flexibility index (Phi) is 4.70. The largest absolute Gasteiger partial charge is 0.394 e. The highest BCUT2D eigenvalue weighted by atomic mass is 16.3. The topological polar surface area (TPSA) is 62.1 Å². The van der Waals surface area contributed by atoms with Crippen LogP contribution in [0.1, 0.15) is 49.4 Å². The molecular weight excluding hydrogens is 252 g/mol. The minimum absolute atomic E-state index is 0.167. The van der Waals surface area contributed by atoms with Crippen molar-refractivity contribution in [3.8, 4) is 0 Å². The van der Waals surface area contributed by atoms with Gasteiger partial charge in [0, 0.05) is 23.3 Å². The smallest absolute Gasteiger partial charge is 0.0644 e. The van der Waals surface area contributed by atoms with E-state index in [-0.39, 0.29) is 6.61 Å². The van der Waals surface area contributed by atoms with E-state index in [1.165, 1.54) is 43.4 Å². The molecule has 112 valence electrons. The van der Waals surface area contributed by atoms with Crippen LogP contribution in [0.25, 0.3) is 0 Å². The summed E-state index contributed by atoms with van der Waals surface area (Å²) in [6, 6.07) is 1.08. The number of fused-ring (bicyclic) bond motifs is 1. The average molecular weight is 278 g/mol. The molecule has 0 saturated carbocycles. The summed E-state index contributed by atoms with van der Waals surface area (Å²) in [5.41, 5.74) is 2.69. The Hall–Kier alpha value is -0.910. The molecule has 1 saturated heterocycles. The minimum atomic E-state index is 0.167. The summed E-state index contributed by atoms with van der Waals surface area (Å²) >= 11 is 0. The van der Waals surface area contributed by atoms with Crippen LogP contribution in [0.5, 0.6) is 0 Å². The van der Waals surface area contributed by atoms with Crippen molar-refractivity contribution >= 4 is 0 Å². The molecule has 2 unspecified atom stereocenters. The number of rotatable bonds is 4. The summed E-state index contributed by atoms with van der Waals surface area (Å²) < 4.78 is 1.98. The first kappa shape index (κ1) is 14.0. The first-order chi connectivity index (χ1) is 9.88. The summed E-state index contributed by atoms with van der Waals surface area (Å²) in [5.74, 6) is 0. The normalized spacial score (nSPS) is 27.1. The lowest BCUT2D eigenvalue weighted by molar-refractivity contribution is 0.266. The second-order valence-corrected chi connectivity index (χ2v) is 5.98. The van der Waals surface area contributed by atoms with Gasteiger partial charge in [-0.3, -0.25) is 4.68 Å². The number of aliphatic hydroxyl groups is 1. The highest BCUT2D eigenvalue weighted by Gasteiger charge is 2.26. The Morgan fingerprint density at radius 3 is 3.15 bits per heavy atom. The van der Waals surface area contributed by atoms with E-state index in [0.717, 1.165) is 19.5 Å². The first-order valence-corrected chi connectivity index (χ1v) is 8.00. The van der Waals surface area contributed by atoms with E-state index in [4.69, 9.17) is 5.11 Å². The third-order valence-electron chi connectivity index (χ3n) is 4.59. The second-order valence-electron chi connectivity index (χ2n) is 5.98. The third kappa shape index (κ3) is 3.05. The predicted octanol–water partition coefficient (Wildman–Crippen LogP) is 0.984. The maximum Gasteiger partial charge on any atom is 0.0644 e. The summed E-state index contributed by atoms with van der Waals surface area (Å²) in [4.78, 5) is 0. The Bertz CT molecular complexity index is 424. The lowest BCUT2D eigenvalue weighted by atomic mass is 9.91. The van der Waals surface area contributed by atoms with Crippen LogP contribution in [-0.2, 0) is 13.0 Å². The molecular formula is C15H26N4O. The molecule has 1 aliphatic carbocycles. The van der Waals surface area contributed by atoms with Gasteiger partial charge in [0.1, 0.15) is 0 Å². The Morgan fingerprint density at radius 1 is 1.30 bits per heavy atom. The number of hydrogen-bond acceptors (Lipinski definition) is 4. The van der Waals surface area contributed by atoms with Crippen LogP contribution >= 0.6 is 0 Å². The Morgan fingerprint density at radius 2 is 2.25 bits per heavy atom. The average Bonchev–Trinajstić information content (AvgIpc) is 2.70. The maximum absolute atomic E-state index is 9.11. The number of nitrogens with zero attached hydrogens (tertiary/aromatic N) is 2. The molecule has 20 heavy (non-hydrogen) atoms. The summed E-state index contributed by atoms with van der Waals surface area (Å²) in [6.07, 6.45) is 9.28. The standard InChI is InChI=1S/C15H26N4O/c20-10-9-19-15-5-1-4-14(13(15)11-17-19)18-12-3-2-7-16-8-6-12/h11-12,14,16,18,20H,1-10H2. The van der Waals surface area contributed by atoms with Crippen molar-refractivity contribution in [2.75, 3.05) is 19.7 Å². The van der Waals surface area contributed by atoms with Gasteiger partial charge in [0.15, 0.2) is 0 Å². The van der Waals surface area contributed by atoms with Crippen LogP contribution in [0.3, 0.4) is 0 Å². The number of aliphatic hydroxyl groups excluding tert-OH is 1. The molecule has 5 nitrogen and oxygen atoms in total. The van der Waals surface area contributed by atoms with Gasteiger partial charge in [0.05, 0.1) is 19.3 Å². The van der Waals surface area contributed by atoms with Crippen LogP contribution in [0, 0.1) is 0 Å². The fourth-order valence-corrected chi connectivity index (χ4v) is 3.55. The first-order valence-electron chi connectivity index (χ1n) is 8.00. The van der Waals surface area contributed by atoms with Crippen molar-refractivity contribution in [1.29, 1.82) is 0 Å². The van der Waals surface area contributed by atoms with Gasteiger partial charge in [0.2, 0.25) is 0 Å². The molecule has 1 aromatic rings. The molecule has 2 atom stereocenters. The number of nitrogens with one attached hydrogen (secondary N) is 2. The summed E-state index contributed by atoms with van der Waals surface area (Å²) in [6.45, 7) is 3.07. The molecule has 5 heteroatoms. The molecule has 0 amide bonds. The van der Waals surface area contributed by atoms with Crippen LogP contribution in [0.15, 0.2) is 6.20 Å². The molecule has 0 radical (unpaired) electrons. The van der Waals surface area contributed by atoms with Gasteiger partial charge < -0.3 is 15.7 Å². The van der Waals surface area contributed by atoms with Crippen molar-refractivity contribution in [3.05, 3.63) is 17.5 Å². The highest BCUT2D eigenvalue weighted by Crippen LogP contribution is 2.30. The van der Waals surface area contributed by atoms with E-state index in [9.17, 15) is 0 Å². The predicted molar refractivity (Wildman–Crippen MR) is 78.6 cm³/mol.